The predicted octanol–water partition coefficient (Wildman–Crippen LogP) is 1.94. The van der Waals surface area contributed by atoms with Crippen molar-refractivity contribution >= 4 is 40.0 Å². The summed E-state index contributed by atoms with van der Waals surface area (Å²) in [5.41, 5.74) is 1.12. The lowest BCUT2D eigenvalue weighted by molar-refractivity contribution is -0.136. The Morgan fingerprint density at radius 1 is 1.14 bits per heavy atom. The Labute approximate surface area is 172 Å². The maximum absolute atomic E-state index is 12.3. The van der Waals surface area contributed by atoms with Crippen LogP contribution in [-0.4, -0.2) is 70.9 Å². The minimum absolute atomic E-state index is 0.0602. The molecule has 1 saturated heterocycles. The molecule has 1 aromatic carbocycles. The second kappa shape index (κ2) is 9.74. The van der Waals surface area contributed by atoms with Gasteiger partial charge in [0.15, 0.2) is 4.34 Å². The van der Waals surface area contributed by atoms with Crippen molar-refractivity contribution in [1.82, 2.24) is 20.0 Å². The molecular formula is C18H23N5O3S2. The number of carbonyl (C=O) groups excluding carboxylic acids is 2. The lowest BCUT2D eigenvalue weighted by Crippen LogP contribution is -2.50. The van der Waals surface area contributed by atoms with E-state index in [0.717, 1.165) is 20.8 Å². The highest BCUT2D eigenvalue weighted by Gasteiger charge is 2.22. The summed E-state index contributed by atoms with van der Waals surface area (Å²) in [5.74, 6) is 1.28. The lowest BCUT2D eigenvalue weighted by Gasteiger charge is -2.34. The van der Waals surface area contributed by atoms with Crippen LogP contribution < -0.4 is 10.1 Å². The van der Waals surface area contributed by atoms with Gasteiger partial charge in [-0.25, -0.2) is 0 Å². The first-order chi connectivity index (χ1) is 13.5. The van der Waals surface area contributed by atoms with E-state index in [9.17, 15) is 9.59 Å². The number of amides is 2. The maximum Gasteiger partial charge on any atom is 0.233 e. The van der Waals surface area contributed by atoms with Crippen LogP contribution in [0.25, 0.3) is 0 Å². The van der Waals surface area contributed by atoms with E-state index in [2.05, 4.69) is 15.5 Å². The quantitative estimate of drug-likeness (QED) is 0.684. The second-order valence-electron chi connectivity index (χ2n) is 6.25. The fourth-order valence-corrected chi connectivity index (χ4v) is 4.40. The number of hydrogen-bond acceptors (Lipinski definition) is 8. The molecule has 0 atom stereocenters. The number of benzene rings is 1. The first kappa shape index (κ1) is 20.4. The molecule has 150 valence electrons. The Bertz CT molecular complexity index is 804. The molecule has 3 rings (SSSR count). The molecule has 0 saturated carbocycles. The van der Waals surface area contributed by atoms with E-state index in [1.54, 1.807) is 23.8 Å². The summed E-state index contributed by atoms with van der Waals surface area (Å²) in [6.07, 6.45) is 0. The molecule has 8 nitrogen and oxygen atoms in total. The number of piperazine rings is 1. The number of hydrogen-bond donors (Lipinski definition) is 1. The van der Waals surface area contributed by atoms with E-state index in [4.69, 9.17) is 4.74 Å². The van der Waals surface area contributed by atoms with Gasteiger partial charge in [0, 0.05) is 39.6 Å². The van der Waals surface area contributed by atoms with E-state index < -0.39 is 0 Å². The van der Waals surface area contributed by atoms with Crippen molar-refractivity contribution in [2.45, 2.75) is 17.8 Å². The molecule has 2 amide bonds. The van der Waals surface area contributed by atoms with Gasteiger partial charge in [0.25, 0.3) is 0 Å². The van der Waals surface area contributed by atoms with Crippen molar-refractivity contribution in [3.8, 4) is 5.75 Å². The van der Waals surface area contributed by atoms with Crippen molar-refractivity contribution in [2.75, 3.05) is 44.4 Å². The standard InChI is InChI=1S/C18H23N5O3S2/c1-13(24)22-7-9-23(10-8-22)16(25)12-27-18-21-20-17(28-18)19-11-14-3-5-15(26-2)6-4-14/h3-6H,7-12H2,1-2H3,(H,19,20). The largest absolute Gasteiger partial charge is 0.497 e. The van der Waals surface area contributed by atoms with Gasteiger partial charge in [0.1, 0.15) is 5.75 Å². The van der Waals surface area contributed by atoms with Gasteiger partial charge >= 0.3 is 0 Å². The summed E-state index contributed by atoms with van der Waals surface area (Å²) < 4.78 is 5.91. The Kier molecular flexibility index (Phi) is 7.10. The molecule has 0 spiro atoms. The van der Waals surface area contributed by atoms with E-state index in [1.807, 2.05) is 24.3 Å². The molecule has 0 unspecified atom stereocenters. The molecule has 10 heteroatoms. The summed E-state index contributed by atoms with van der Waals surface area (Å²) in [7, 11) is 1.64. The number of anilines is 1. The fraction of sp³-hybridized carbons (Fsp3) is 0.444. The van der Waals surface area contributed by atoms with Gasteiger partial charge in [-0.2, -0.15) is 0 Å². The number of carbonyl (C=O) groups is 2. The van der Waals surface area contributed by atoms with Crippen molar-refractivity contribution in [1.29, 1.82) is 0 Å². The van der Waals surface area contributed by atoms with Gasteiger partial charge < -0.3 is 19.9 Å². The smallest absolute Gasteiger partial charge is 0.233 e. The van der Waals surface area contributed by atoms with Crippen LogP contribution >= 0.6 is 23.1 Å². The Balaban J connectivity index is 1.41. The minimum Gasteiger partial charge on any atom is -0.497 e. The van der Waals surface area contributed by atoms with Crippen LogP contribution in [0.15, 0.2) is 28.6 Å². The van der Waals surface area contributed by atoms with Gasteiger partial charge in [-0.3, -0.25) is 9.59 Å². The summed E-state index contributed by atoms with van der Waals surface area (Å²) in [6, 6.07) is 7.82. The Morgan fingerprint density at radius 2 is 1.82 bits per heavy atom. The van der Waals surface area contributed by atoms with Gasteiger partial charge in [-0.15, -0.1) is 10.2 Å². The number of rotatable bonds is 7. The van der Waals surface area contributed by atoms with Crippen molar-refractivity contribution in [2.24, 2.45) is 0 Å². The van der Waals surface area contributed by atoms with Crippen LogP contribution in [0.1, 0.15) is 12.5 Å². The predicted molar refractivity (Wildman–Crippen MR) is 110 cm³/mol. The third-order valence-electron chi connectivity index (χ3n) is 4.41. The number of nitrogens with one attached hydrogen (secondary N) is 1. The molecule has 28 heavy (non-hydrogen) atoms. The molecule has 1 aliphatic rings. The zero-order chi connectivity index (χ0) is 19.9. The Morgan fingerprint density at radius 3 is 2.46 bits per heavy atom. The van der Waals surface area contributed by atoms with Gasteiger partial charge in [-0.05, 0) is 17.7 Å². The van der Waals surface area contributed by atoms with E-state index >= 15 is 0 Å². The zero-order valence-corrected chi connectivity index (χ0v) is 17.5. The molecule has 1 N–H and O–H groups in total. The zero-order valence-electron chi connectivity index (χ0n) is 15.9. The number of methoxy groups -OCH3 is 1. The number of thioether (sulfide) groups is 1. The van der Waals surface area contributed by atoms with Crippen LogP contribution in [0.2, 0.25) is 0 Å². The summed E-state index contributed by atoms with van der Waals surface area (Å²) in [4.78, 5) is 27.3. The summed E-state index contributed by atoms with van der Waals surface area (Å²) in [5, 5.41) is 12.2. The lowest BCUT2D eigenvalue weighted by atomic mass is 10.2. The normalized spacial score (nSPS) is 14.1. The molecule has 1 fully saturated rings. The molecular weight excluding hydrogens is 398 g/mol. The SMILES string of the molecule is COc1ccc(CNc2nnc(SCC(=O)N3CCN(C(C)=O)CC3)s2)cc1. The van der Waals surface area contributed by atoms with Crippen LogP contribution in [0, 0.1) is 0 Å². The molecule has 0 bridgehead atoms. The van der Waals surface area contributed by atoms with Crippen LogP contribution in [-0.2, 0) is 16.1 Å². The van der Waals surface area contributed by atoms with Crippen LogP contribution in [0.4, 0.5) is 5.13 Å². The summed E-state index contributed by atoms with van der Waals surface area (Å²) in [6.45, 7) is 4.58. The molecule has 1 aliphatic heterocycles. The van der Waals surface area contributed by atoms with E-state index in [0.29, 0.717) is 38.5 Å². The third-order valence-corrected chi connectivity index (χ3v) is 6.41. The highest BCUT2D eigenvalue weighted by Crippen LogP contribution is 2.26. The number of aromatic nitrogens is 2. The van der Waals surface area contributed by atoms with Gasteiger partial charge in [0.05, 0.1) is 12.9 Å². The van der Waals surface area contributed by atoms with Gasteiger partial charge in [0.2, 0.25) is 16.9 Å². The monoisotopic (exact) mass is 421 g/mol. The van der Waals surface area contributed by atoms with Crippen LogP contribution in [0.5, 0.6) is 5.75 Å². The molecule has 2 heterocycles. The molecule has 2 aromatic rings. The highest BCUT2D eigenvalue weighted by atomic mass is 32.2. The fourth-order valence-electron chi connectivity index (χ4n) is 2.75. The first-order valence-electron chi connectivity index (χ1n) is 8.91. The summed E-state index contributed by atoms with van der Waals surface area (Å²) >= 11 is 2.83. The number of nitrogens with zero attached hydrogens (tertiary/aromatic N) is 4. The van der Waals surface area contributed by atoms with E-state index in [1.165, 1.54) is 23.1 Å². The molecule has 1 aromatic heterocycles. The second-order valence-corrected chi connectivity index (χ2v) is 8.45. The number of ether oxygens (including phenoxy) is 1. The maximum atomic E-state index is 12.3. The van der Waals surface area contributed by atoms with Gasteiger partial charge in [-0.1, -0.05) is 35.2 Å². The minimum atomic E-state index is 0.0602. The Hall–Kier alpha value is -2.33. The topological polar surface area (TPSA) is 87.7 Å². The van der Waals surface area contributed by atoms with E-state index in [-0.39, 0.29) is 11.8 Å². The van der Waals surface area contributed by atoms with Crippen molar-refractivity contribution in [3.63, 3.8) is 0 Å². The average Bonchev–Trinajstić information content (AvgIpc) is 3.19. The van der Waals surface area contributed by atoms with Crippen molar-refractivity contribution in [3.05, 3.63) is 29.8 Å². The molecule has 0 aliphatic carbocycles. The highest BCUT2D eigenvalue weighted by molar-refractivity contribution is 8.01. The van der Waals surface area contributed by atoms with Crippen molar-refractivity contribution < 1.29 is 14.3 Å². The first-order valence-corrected chi connectivity index (χ1v) is 10.7. The third kappa shape index (κ3) is 5.59. The van der Waals surface area contributed by atoms with Crippen LogP contribution in [0.3, 0.4) is 0 Å². The molecule has 0 radical (unpaired) electrons. The average molecular weight is 422 g/mol.